The van der Waals surface area contributed by atoms with Crippen LogP contribution in [-0.2, 0) is 40.0 Å². The fourth-order valence-corrected chi connectivity index (χ4v) is 4.81. The van der Waals surface area contributed by atoms with E-state index in [1.807, 2.05) is 24.3 Å². The van der Waals surface area contributed by atoms with Crippen molar-refractivity contribution in [3.63, 3.8) is 0 Å². The molecule has 0 amide bonds. The molecule has 0 spiro atoms. The molecular formula is C29H35BrO7. The molecule has 0 aromatic heterocycles. The Hall–Kier alpha value is -3.00. The summed E-state index contributed by atoms with van der Waals surface area (Å²) in [5.41, 5.74) is 3.74. The zero-order valence-corrected chi connectivity index (χ0v) is 23.4. The van der Waals surface area contributed by atoms with Gasteiger partial charge in [-0.2, -0.15) is 0 Å². The van der Waals surface area contributed by atoms with Gasteiger partial charge in [-0.1, -0.05) is 31.6 Å². The molecule has 8 heteroatoms. The molecule has 0 radical (unpaired) electrons. The third-order valence-electron chi connectivity index (χ3n) is 6.18. The Morgan fingerprint density at radius 3 is 2.43 bits per heavy atom. The SMILES string of the molecule is C=CCc1c(OCCCOc2ccc3c(c2CCC)OC(C(=O)OC)CC3)ccc(CC(=O)Br)c1OC. The topological polar surface area (TPSA) is 80.3 Å². The van der Waals surface area contributed by atoms with Gasteiger partial charge >= 0.3 is 5.97 Å². The van der Waals surface area contributed by atoms with E-state index in [4.69, 9.17) is 23.7 Å². The van der Waals surface area contributed by atoms with Gasteiger partial charge in [-0.05, 0) is 59.3 Å². The van der Waals surface area contributed by atoms with Crippen LogP contribution in [0.1, 0.15) is 48.4 Å². The van der Waals surface area contributed by atoms with Gasteiger partial charge in [0.1, 0.15) is 23.0 Å². The number of carbonyl (C=O) groups excluding carboxylic acids is 2. The molecule has 200 valence electrons. The molecule has 0 aliphatic carbocycles. The molecule has 1 unspecified atom stereocenters. The van der Waals surface area contributed by atoms with E-state index in [0.29, 0.717) is 44.0 Å². The lowest BCUT2D eigenvalue weighted by atomic mass is 9.96. The van der Waals surface area contributed by atoms with Crippen LogP contribution in [-0.4, -0.2) is 44.2 Å². The summed E-state index contributed by atoms with van der Waals surface area (Å²) in [6.07, 6.45) is 5.72. The Morgan fingerprint density at radius 2 is 1.81 bits per heavy atom. The van der Waals surface area contributed by atoms with Gasteiger partial charge in [-0.15, -0.1) is 6.58 Å². The molecule has 0 saturated heterocycles. The van der Waals surface area contributed by atoms with Crippen molar-refractivity contribution >= 4 is 26.6 Å². The Bertz CT molecular complexity index is 1110. The Morgan fingerprint density at radius 1 is 1.11 bits per heavy atom. The number of methoxy groups -OCH3 is 2. The summed E-state index contributed by atoms with van der Waals surface area (Å²) in [4.78, 5) is 23.6. The van der Waals surface area contributed by atoms with E-state index in [-0.39, 0.29) is 17.1 Å². The van der Waals surface area contributed by atoms with Gasteiger partial charge in [0, 0.05) is 29.5 Å². The number of allylic oxidation sites excluding steroid dienone is 1. The first kappa shape index (κ1) is 28.6. The van der Waals surface area contributed by atoms with E-state index < -0.39 is 6.10 Å². The van der Waals surface area contributed by atoms with E-state index >= 15 is 0 Å². The number of rotatable bonds is 14. The number of benzene rings is 2. The number of aryl methyl sites for hydroxylation is 1. The van der Waals surface area contributed by atoms with Gasteiger partial charge in [-0.3, -0.25) is 4.79 Å². The lowest BCUT2D eigenvalue weighted by molar-refractivity contribution is -0.149. The number of ether oxygens (including phenoxy) is 5. The van der Waals surface area contributed by atoms with Gasteiger partial charge in [0.05, 0.1) is 27.4 Å². The van der Waals surface area contributed by atoms with Crippen LogP contribution in [0.5, 0.6) is 23.0 Å². The summed E-state index contributed by atoms with van der Waals surface area (Å²) in [6.45, 7) is 6.84. The standard InChI is InChI=1S/C29H35BrO7/c1-5-8-21-23(14-12-20(18-26(30)31)27(21)33-3)35-16-7-17-36-24-13-10-19-11-15-25(29(32)34-4)37-28(19)22(24)9-6-2/h5,10,12-14,25H,1,6-9,11,15-18H2,2-4H3. The average molecular weight is 575 g/mol. The molecule has 0 saturated carbocycles. The van der Waals surface area contributed by atoms with Gasteiger partial charge in [0.25, 0.3) is 0 Å². The molecule has 3 rings (SSSR count). The van der Waals surface area contributed by atoms with Gasteiger partial charge in [-0.25, -0.2) is 4.79 Å². The minimum atomic E-state index is -0.586. The van der Waals surface area contributed by atoms with Crippen LogP contribution in [0, 0.1) is 0 Å². The first-order chi connectivity index (χ1) is 17.9. The summed E-state index contributed by atoms with van der Waals surface area (Å²) < 4.78 is 28.6. The second kappa shape index (κ2) is 14.1. The van der Waals surface area contributed by atoms with E-state index in [1.165, 1.54) is 7.11 Å². The van der Waals surface area contributed by atoms with Crippen molar-refractivity contribution in [3.8, 4) is 23.0 Å². The molecule has 1 atom stereocenters. The smallest absolute Gasteiger partial charge is 0.347 e. The Labute approximate surface area is 227 Å². The molecule has 0 N–H and O–H groups in total. The van der Waals surface area contributed by atoms with Crippen molar-refractivity contribution in [2.45, 2.75) is 58.0 Å². The van der Waals surface area contributed by atoms with Crippen molar-refractivity contribution in [3.05, 3.63) is 59.2 Å². The van der Waals surface area contributed by atoms with Gasteiger partial charge in [0.15, 0.2) is 6.10 Å². The third kappa shape index (κ3) is 7.28. The van der Waals surface area contributed by atoms with Gasteiger partial charge in [0.2, 0.25) is 4.69 Å². The second-order valence-corrected chi connectivity index (χ2v) is 9.64. The molecule has 2 aromatic carbocycles. The predicted molar refractivity (Wildman–Crippen MR) is 145 cm³/mol. The Balaban J connectivity index is 1.65. The minimum absolute atomic E-state index is 0.114. The highest BCUT2D eigenvalue weighted by molar-refractivity contribution is 9.18. The summed E-state index contributed by atoms with van der Waals surface area (Å²) in [7, 11) is 2.97. The number of hydrogen-bond donors (Lipinski definition) is 0. The molecule has 1 heterocycles. The Kier molecular flexibility index (Phi) is 10.9. The maximum Gasteiger partial charge on any atom is 0.347 e. The molecule has 37 heavy (non-hydrogen) atoms. The summed E-state index contributed by atoms with van der Waals surface area (Å²) >= 11 is 2.99. The summed E-state index contributed by atoms with van der Waals surface area (Å²) in [5.74, 6) is 2.51. The molecule has 2 aromatic rings. The first-order valence-electron chi connectivity index (χ1n) is 12.6. The lowest BCUT2D eigenvalue weighted by Crippen LogP contribution is -2.32. The third-order valence-corrected chi connectivity index (χ3v) is 6.46. The maximum atomic E-state index is 12.0. The van der Waals surface area contributed by atoms with Crippen molar-refractivity contribution < 1.29 is 33.3 Å². The van der Waals surface area contributed by atoms with Crippen LogP contribution in [0.15, 0.2) is 36.9 Å². The van der Waals surface area contributed by atoms with Crippen LogP contribution >= 0.6 is 15.9 Å². The molecular weight excluding hydrogens is 540 g/mol. The van der Waals surface area contributed by atoms with Crippen molar-refractivity contribution in [2.24, 2.45) is 0 Å². The fraction of sp³-hybridized carbons (Fsp3) is 0.448. The minimum Gasteiger partial charge on any atom is -0.496 e. The van der Waals surface area contributed by atoms with Crippen LogP contribution in [0.25, 0.3) is 0 Å². The van der Waals surface area contributed by atoms with Crippen molar-refractivity contribution in [1.29, 1.82) is 0 Å². The molecule has 1 aliphatic rings. The van der Waals surface area contributed by atoms with Crippen molar-refractivity contribution in [2.75, 3.05) is 27.4 Å². The quantitative estimate of drug-likeness (QED) is 0.126. The highest BCUT2D eigenvalue weighted by Crippen LogP contribution is 2.38. The summed E-state index contributed by atoms with van der Waals surface area (Å²) in [5, 5.41) is 0. The van der Waals surface area contributed by atoms with Crippen LogP contribution in [0.3, 0.4) is 0 Å². The summed E-state index contributed by atoms with van der Waals surface area (Å²) in [6, 6.07) is 7.72. The highest BCUT2D eigenvalue weighted by Gasteiger charge is 2.29. The fourth-order valence-electron chi connectivity index (χ4n) is 4.51. The monoisotopic (exact) mass is 574 g/mol. The van der Waals surface area contributed by atoms with Crippen LogP contribution in [0.2, 0.25) is 0 Å². The van der Waals surface area contributed by atoms with Crippen molar-refractivity contribution in [1.82, 2.24) is 0 Å². The highest BCUT2D eigenvalue weighted by atomic mass is 79.9. The number of esters is 1. The molecule has 1 aliphatic heterocycles. The van der Waals surface area contributed by atoms with E-state index in [0.717, 1.165) is 53.0 Å². The van der Waals surface area contributed by atoms with E-state index in [2.05, 4.69) is 29.4 Å². The van der Waals surface area contributed by atoms with E-state index in [1.54, 1.807) is 13.2 Å². The lowest BCUT2D eigenvalue weighted by Gasteiger charge is -2.27. The second-order valence-electron chi connectivity index (χ2n) is 8.76. The molecule has 7 nitrogen and oxygen atoms in total. The zero-order valence-electron chi connectivity index (χ0n) is 21.8. The van der Waals surface area contributed by atoms with Crippen LogP contribution in [0.4, 0.5) is 0 Å². The average Bonchev–Trinajstić information content (AvgIpc) is 2.89. The van der Waals surface area contributed by atoms with Gasteiger partial charge < -0.3 is 23.7 Å². The maximum absolute atomic E-state index is 12.0. The molecule has 0 fully saturated rings. The number of hydrogen-bond acceptors (Lipinski definition) is 7. The number of fused-ring (bicyclic) bond motifs is 1. The van der Waals surface area contributed by atoms with Crippen LogP contribution < -0.4 is 18.9 Å². The first-order valence-corrected chi connectivity index (χ1v) is 13.4. The van der Waals surface area contributed by atoms with E-state index in [9.17, 15) is 9.59 Å². The normalized spacial score (nSPS) is 14.2. The predicted octanol–water partition coefficient (Wildman–Crippen LogP) is 5.55. The molecule has 0 bridgehead atoms. The largest absolute Gasteiger partial charge is 0.496 e. The number of halogens is 1. The zero-order chi connectivity index (χ0) is 26.8. The number of carbonyl (C=O) groups is 2.